The maximum absolute atomic E-state index is 11.1. The highest BCUT2D eigenvalue weighted by Gasteiger charge is 2.25. The third-order valence-electron chi connectivity index (χ3n) is 1.95. The smallest absolute Gasteiger partial charge is 0.341 e. The van der Waals surface area contributed by atoms with Gasteiger partial charge in [0.2, 0.25) is 0 Å². The molecule has 0 aliphatic carbocycles. The summed E-state index contributed by atoms with van der Waals surface area (Å²) in [4.78, 5) is 17.3. The second-order valence-electron chi connectivity index (χ2n) is 2.70. The van der Waals surface area contributed by atoms with Crippen LogP contribution in [0.25, 0.3) is 0 Å². The van der Waals surface area contributed by atoms with E-state index in [1.165, 1.54) is 7.11 Å². The van der Waals surface area contributed by atoms with Crippen molar-refractivity contribution in [3.8, 4) is 0 Å². The summed E-state index contributed by atoms with van der Waals surface area (Å²) in [5.74, 6) is 0. The van der Waals surface area contributed by atoms with E-state index in [2.05, 4.69) is 10.3 Å². The minimum atomic E-state index is -0.197. The van der Waals surface area contributed by atoms with Gasteiger partial charge in [-0.3, -0.25) is 4.84 Å². The summed E-state index contributed by atoms with van der Waals surface area (Å²) in [7, 11) is 3.07. The fourth-order valence-electron chi connectivity index (χ4n) is 1.26. The van der Waals surface area contributed by atoms with Gasteiger partial charge >= 0.3 is 6.03 Å². The van der Waals surface area contributed by atoms with E-state index in [1.54, 1.807) is 12.0 Å². The number of carbonyl (C=O) groups is 1. The van der Waals surface area contributed by atoms with E-state index in [-0.39, 0.29) is 12.1 Å². The quantitative estimate of drug-likeness (QED) is 0.598. The van der Waals surface area contributed by atoms with Crippen LogP contribution in [0.4, 0.5) is 4.79 Å². The molecule has 0 bridgehead atoms. The number of likely N-dealkylation sites (tertiary alicyclic amines) is 1. The lowest BCUT2D eigenvalue weighted by Crippen LogP contribution is -2.38. The second kappa shape index (κ2) is 4.27. The Morgan fingerprint density at radius 1 is 1.58 bits per heavy atom. The van der Waals surface area contributed by atoms with Gasteiger partial charge < -0.3 is 9.64 Å². The number of ether oxygens (including phenoxy) is 1. The summed E-state index contributed by atoms with van der Waals surface area (Å²) in [6, 6.07) is -0.197. The Hall–Kier alpha value is -0.810. The molecule has 0 aromatic heterocycles. The van der Waals surface area contributed by atoms with E-state index in [4.69, 9.17) is 4.74 Å². The van der Waals surface area contributed by atoms with E-state index in [0.29, 0.717) is 6.54 Å². The fourth-order valence-corrected chi connectivity index (χ4v) is 1.26. The van der Waals surface area contributed by atoms with Crippen molar-refractivity contribution in [2.45, 2.75) is 12.5 Å². The first kappa shape index (κ1) is 9.28. The number of carbonyl (C=O) groups excluding carboxylic acids is 1. The molecule has 1 atom stereocenters. The number of hydrogen-bond donors (Lipinski definition) is 1. The molecule has 1 fully saturated rings. The number of nitrogens with zero attached hydrogens (tertiary/aromatic N) is 1. The van der Waals surface area contributed by atoms with Crippen molar-refractivity contribution in [3.05, 3.63) is 0 Å². The van der Waals surface area contributed by atoms with Crippen molar-refractivity contribution in [3.63, 3.8) is 0 Å². The van der Waals surface area contributed by atoms with Crippen LogP contribution in [-0.2, 0) is 9.57 Å². The monoisotopic (exact) mass is 174 g/mol. The second-order valence-corrected chi connectivity index (χ2v) is 2.70. The number of urea groups is 1. The largest absolute Gasteiger partial charge is 0.380 e. The molecular weight excluding hydrogens is 160 g/mol. The van der Waals surface area contributed by atoms with Gasteiger partial charge in [0.05, 0.1) is 13.2 Å². The van der Waals surface area contributed by atoms with Crippen LogP contribution in [-0.4, -0.2) is 44.3 Å². The maximum atomic E-state index is 11.1. The normalized spacial score (nSPS) is 22.8. The average molecular weight is 174 g/mol. The molecule has 70 valence electrons. The molecule has 1 aliphatic heterocycles. The molecule has 0 saturated carbocycles. The van der Waals surface area contributed by atoms with E-state index >= 15 is 0 Å². The molecule has 2 amide bonds. The molecule has 1 saturated heterocycles. The average Bonchev–Trinajstić information content (AvgIpc) is 2.52. The molecular formula is C7H14N2O3. The zero-order valence-corrected chi connectivity index (χ0v) is 7.37. The molecule has 5 heteroatoms. The molecule has 5 nitrogen and oxygen atoms in total. The number of hydrogen-bond acceptors (Lipinski definition) is 3. The number of methoxy groups -OCH3 is 1. The Morgan fingerprint density at radius 2 is 2.33 bits per heavy atom. The van der Waals surface area contributed by atoms with E-state index < -0.39 is 0 Å². The number of nitrogens with one attached hydrogen (secondary N) is 1. The van der Waals surface area contributed by atoms with Gasteiger partial charge in [0.15, 0.2) is 0 Å². The first-order valence-electron chi connectivity index (χ1n) is 3.88. The van der Waals surface area contributed by atoms with E-state index in [9.17, 15) is 4.79 Å². The molecule has 0 unspecified atom stereocenters. The molecule has 1 rings (SSSR count). The predicted octanol–water partition coefficient (Wildman–Crippen LogP) is -0.0219. The van der Waals surface area contributed by atoms with Crippen LogP contribution < -0.4 is 5.48 Å². The van der Waals surface area contributed by atoms with E-state index in [1.807, 2.05) is 0 Å². The standard InChI is InChI=1S/C7H14N2O3/c1-11-6-3-4-9(5-6)7(10)8-12-2/h6H,3-5H2,1-2H3,(H,8,10)/t6-/m0/s1. The van der Waals surface area contributed by atoms with Crippen LogP contribution >= 0.6 is 0 Å². The van der Waals surface area contributed by atoms with Crippen molar-refractivity contribution >= 4 is 6.03 Å². The summed E-state index contributed by atoms with van der Waals surface area (Å²) < 4.78 is 5.11. The first-order valence-corrected chi connectivity index (χ1v) is 3.88. The molecule has 1 aliphatic rings. The SMILES string of the molecule is CONC(=O)N1CC[C@H](OC)C1. The predicted molar refractivity (Wildman–Crippen MR) is 42.5 cm³/mol. The van der Waals surface area contributed by atoms with Crippen LogP contribution in [0.5, 0.6) is 0 Å². The maximum Gasteiger partial charge on any atom is 0.341 e. The Bertz CT molecular complexity index is 163. The molecule has 1 heterocycles. The van der Waals surface area contributed by atoms with Gasteiger partial charge in [-0.25, -0.2) is 10.3 Å². The fraction of sp³-hybridized carbons (Fsp3) is 0.857. The Balaban J connectivity index is 2.31. The Labute approximate surface area is 71.6 Å². The topological polar surface area (TPSA) is 50.8 Å². The molecule has 0 radical (unpaired) electrons. The number of amides is 2. The third kappa shape index (κ3) is 2.09. The lowest BCUT2D eigenvalue weighted by atomic mass is 10.3. The van der Waals surface area contributed by atoms with Crippen molar-refractivity contribution in [2.75, 3.05) is 27.3 Å². The zero-order valence-electron chi connectivity index (χ0n) is 7.37. The van der Waals surface area contributed by atoms with Crippen molar-refractivity contribution in [2.24, 2.45) is 0 Å². The van der Waals surface area contributed by atoms with Gasteiger partial charge in [-0.2, -0.15) is 0 Å². The summed E-state index contributed by atoms with van der Waals surface area (Å²) in [5.41, 5.74) is 2.26. The van der Waals surface area contributed by atoms with Gasteiger partial charge in [-0.1, -0.05) is 0 Å². The highest BCUT2D eigenvalue weighted by Crippen LogP contribution is 2.11. The van der Waals surface area contributed by atoms with Gasteiger partial charge in [-0.05, 0) is 6.42 Å². The van der Waals surface area contributed by atoms with Crippen LogP contribution in [0.1, 0.15) is 6.42 Å². The van der Waals surface area contributed by atoms with Crippen LogP contribution in [0.15, 0.2) is 0 Å². The molecule has 1 N–H and O–H groups in total. The first-order chi connectivity index (χ1) is 5.77. The van der Waals surface area contributed by atoms with Crippen LogP contribution in [0.3, 0.4) is 0 Å². The molecule has 0 aromatic rings. The van der Waals surface area contributed by atoms with Crippen molar-refractivity contribution in [1.29, 1.82) is 0 Å². The number of hydroxylamine groups is 1. The van der Waals surface area contributed by atoms with Crippen molar-refractivity contribution < 1.29 is 14.4 Å². The summed E-state index contributed by atoms with van der Waals surface area (Å²) in [6.45, 7) is 1.37. The van der Waals surface area contributed by atoms with Gasteiger partial charge in [-0.15, -0.1) is 0 Å². The third-order valence-corrected chi connectivity index (χ3v) is 1.95. The summed E-state index contributed by atoms with van der Waals surface area (Å²) >= 11 is 0. The zero-order chi connectivity index (χ0) is 8.97. The minimum Gasteiger partial charge on any atom is -0.380 e. The lowest BCUT2D eigenvalue weighted by Gasteiger charge is -2.15. The highest BCUT2D eigenvalue weighted by atomic mass is 16.6. The summed E-state index contributed by atoms with van der Waals surface area (Å²) in [6.07, 6.45) is 1.07. The van der Waals surface area contributed by atoms with Crippen LogP contribution in [0.2, 0.25) is 0 Å². The molecule has 0 spiro atoms. The molecule has 12 heavy (non-hydrogen) atoms. The van der Waals surface area contributed by atoms with Crippen molar-refractivity contribution in [1.82, 2.24) is 10.4 Å². The van der Waals surface area contributed by atoms with E-state index in [0.717, 1.165) is 13.0 Å². The lowest BCUT2D eigenvalue weighted by molar-refractivity contribution is 0.0815. The van der Waals surface area contributed by atoms with Gasteiger partial charge in [0.1, 0.15) is 0 Å². The van der Waals surface area contributed by atoms with Crippen LogP contribution in [0, 0.1) is 0 Å². The molecule has 0 aromatic carbocycles. The van der Waals surface area contributed by atoms with Gasteiger partial charge in [0, 0.05) is 20.2 Å². The Morgan fingerprint density at radius 3 is 2.83 bits per heavy atom. The summed E-state index contributed by atoms with van der Waals surface area (Å²) in [5, 5.41) is 0. The number of rotatable bonds is 2. The minimum absolute atomic E-state index is 0.174. The highest BCUT2D eigenvalue weighted by molar-refractivity contribution is 5.73. The van der Waals surface area contributed by atoms with Gasteiger partial charge in [0.25, 0.3) is 0 Å². The Kier molecular flexibility index (Phi) is 3.31.